The molecule has 1 aromatic heterocycles. The molecule has 0 spiro atoms. The Labute approximate surface area is 112 Å². The van der Waals surface area contributed by atoms with Gasteiger partial charge in [-0.2, -0.15) is 10.5 Å². The van der Waals surface area contributed by atoms with Crippen LogP contribution >= 0.6 is 0 Å². The van der Waals surface area contributed by atoms with Gasteiger partial charge in [-0.3, -0.25) is 4.79 Å². The maximum Gasteiger partial charge on any atom is 0.305 e. The fourth-order valence-electron chi connectivity index (χ4n) is 1.71. The van der Waals surface area contributed by atoms with E-state index in [0.29, 0.717) is 25.3 Å². The summed E-state index contributed by atoms with van der Waals surface area (Å²) in [6.07, 6.45) is 4.38. The molecule has 0 aliphatic heterocycles. The fourth-order valence-corrected chi connectivity index (χ4v) is 1.71. The lowest BCUT2D eigenvalue weighted by atomic mass is 10.2. The highest BCUT2D eigenvalue weighted by Crippen LogP contribution is 2.08. The molecule has 0 atom stereocenters. The standard InChI is InChI=1S/C13H16N4O2/c1-2-19-13(18)6-4-3-5-7-17-10-16-11(8-14)12(17)9-15/h10H,2-7H2,1H3. The van der Waals surface area contributed by atoms with E-state index >= 15 is 0 Å². The highest BCUT2D eigenvalue weighted by atomic mass is 16.5. The number of nitrogens with zero attached hydrogens (tertiary/aromatic N) is 4. The summed E-state index contributed by atoms with van der Waals surface area (Å²) in [5.74, 6) is -0.172. The van der Waals surface area contributed by atoms with Crippen LogP contribution in [0.5, 0.6) is 0 Å². The number of nitriles is 2. The second kappa shape index (κ2) is 7.88. The topological polar surface area (TPSA) is 91.7 Å². The number of aromatic nitrogens is 2. The Hall–Kier alpha value is -2.34. The number of hydrogen-bond donors (Lipinski definition) is 0. The van der Waals surface area contributed by atoms with Gasteiger partial charge >= 0.3 is 5.97 Å². The molecule has 1 heterocycles. The molecule has 1 rings (SSSR count). The molecule has 0 unspecified atom stereocenters. The van der Waals surface area contributed by atoms with Crippen molar-refractivity contribution in [3.05, 3.63) is 17.7 Å². The minimum absolute atomic E-state index is 0.161. The number of carbonyl (C=O) groups is 1. The third-order valence-electron chi connectivity index (χ3n) is 2.63. The number of ether oxygens (including phenoxy) is 1. The quantitative estimate of drug-likeness (QED) is 0.550. The van der Waals surface area contributed by atoms with Crippen LogP contribution in [0.4, 0.5) is 0 Å². The van der Waals surface area contributed by atoms with E-state index in [2.05, 4.69) is 4.98 Å². The van der Waals surface area contributed by atoms with Gasteiger partial charge in [0.1, 0.15) is 12.1 Å². The van der Waals surface area contributed by atoms with Gasteiger partial charge in [-0.25, -0.2) is 4.98 Å². The summed E-state index contributed by atoms with van der Waals surface area (Å²) in [5.41, 5.74) is 0.460. The van der Waals surface area contributed by atoms with Gasteiger partial charge in [0.25, 0.3) is 0 Å². The minimum Gasteiger partial charge on any atom is -0.466 e. The van der Waals surface area contributed by atoms with E-state index < -0.39 is 0 Å². The molecule has 0 fully saturated rings. The highest BCUT2D eigenvalue weighted by Gasteiger charge is 2.09. The first-order valence-corrected chi connectivity index (χ1v) is 6.23. The van der Waals surface area contributed by atoms with Crippen molar-refractivity contribution in [1.82, 2.24) is 9.55 Å². The Morgan fingerprint density at radius 1 is 1.37 bits per heavy atom. The maximum atomic E-state index is 11.1. The maximum absolute atomic E-state index is 11.1. The van der Waals surface area contributed by atoms with Crippen LogP contribution in [0.2, 0.25) is 0 Å². The highest BCUT2D eigenvalue weighted by molar-refractivity contribution is 5.69. The average molecular weight is 260 g/mol. The first-order valence-electron chi connectivity index (χ1n) is 6.23. The SMILES string of the molecule is CCOC(=O)CCCCCn1cnc(C#N)c1C#N. The van der Waals surface area contributed by atoms with Gasteiger partial charge in [-0.15, -0.1) is 0 Å². The van der Waals surface area contributed by atoms with Crippen LogP contribution in [0.1, 0.15) is 44.0 Å². The second-order valence-corrected chi connectivity index (χ2v) is 3.97. The lowest BCUT2D eigenvalue weighted by molar-refractivity contribution is -0.143. The van der Waals surface area contributed by atoms with E-state index in [4.69, 9.17) is 15.3 Å². The van der Waals surface area contributed by atoms with E-state index in [-0.39, 0.29) is 11.7 Å². The predicted octanol–water partition coefficient (Wildman–Crippen LogP) is 1.75. The molecule has 0 radical (unpaired) electrons. The van der Waals surface area contributed by atoms with Crippen molar-refractivity contribution in [2.75, 3.05) is 6.61 Å². The Balaban J connectivity index is 2.31. The van der Waals surface area contributed by atoms with E-state index in [1.54, 1.807) is 11.5 Å². The van der Waals surface area contributed by atoms with Gasteiger partial charge in [0.2, 0.25) is 0 Å². The van der Waals surface area contributed by atoms with Crippen LogP contribution in [-0.4, -0.2) is 22.1 Å². The molecule has 1 aromatic rings. The number of aryl methyl sites for hydroxylation is 1. The minimum atomic E-state index is -0.172. The van der Waals surface area contributed by atoms with Crippen LogP contribution in [0.15, 0.2) is 6.33 Å². The molecule has 6 heteroatoms. The van der Waals surface area contributed by atoms with E-state index in [1.165, 1.54) is 6.33 Å². The Morgan fingerprint density at radius 3 is 2.79 bits per heavy atom. The predicted molar refractivity (Wildman–Crippen MR) is 66.8 cm³/mol. The molecule has 0 aliphatic carbocycles. The summed E-state index contributed by atoms with van der Waals surface area (Å²) >= 11 is 0. The zero-order chi connectivity index (χ0) is 14.1. The molecule has 100 valence electrons. The first kappa shape index (κ1) is 14.7. The number of esters is 1. The van der Waals surface area contributed by atoms with Crippen molar-refractivity contribution in [3.8, 4) is 12.1 Å². The molecule has 0 amide bonds. The lowest BCUT2D eigenvalue weighted by Crippen LogP contribution is -2.04. The van der Waals surface area contributed by atoms with Crippen LogP contribution in [0.25, 0.3) is 0 Å². The number of rotatable bonds is 7. The fraction of sp³-hybridized carbons (Fsp3) is 0.538. The summed E-state index contributed by atoms with van der Waals surface area (Å²) in [4.78, 5) is 15.0. The normalized spacial score (nSPS) is 9.63. The zero-order valence-electron chi connectivity index (χ0n) is 10.9. The zero-order valence-corrected chi connectivity index (χ0v) is 10.9. The molecular formula is C13H16N4O2. The van der Waals surface area contributed by atoms with Gasteiger partial charge in [0.15, 0.2) is 11.4 Å². The van der Waals surface area contributed by atoms with Gasteiger partial charge in [-0.1, -0.05) is 6.42 Å². The van der Waals surface area contributed by atoms with Crippen molar-refractivity contribution >= 4 is 5.97 Å². The van der Waals surface area contributed by atoms with Crippen LogP contribution in [0.3, 0.4) is 0 Å². The number of carbonyl (C=O) groups excluding carboxylic acids is 1. The third-order valence-corrected chi connectivity index (χ3v) is 2.63. The Bertz CT molecular complexity index is 508. The summed E-state index contributed by atoms with van der Waals surface area (Å²) in [7, 11) is 0. The van der Waals surface area contributed by atoms with Crippen LogP contribution in [0, 0.1) is 22.7 Å². The summed E-state index contributed by atoms with van der Waals surface area (Å²) in [6, 6.07) is 3.86. The Kier molecular flexibility index (Phi) is 6.11. The van der Waals surface area contributed by atoms with Crippen molar-refractivity contribution in [3.63, 3.8) is 0 Å². The van der Waals surface area contributed by atoms with Gasteiger partial charge in [0.05, 0.1) is 12.9 Å². The summed E-state index contributed by atoms with van der Waals surface area (Å²) in [6.45, 7) is 2.82. The molecule has 0 N–H and O–H groups in total. The second-order valence-electron chi connectivity index (χ2n) is 3.97. The molecular weight excluding hydrogens is 244 g/mol. The largest absolute Gasteiger partial charge is 0.466 e. The summed E-state index contributed by atoms with van der Waals surface area (Å²) < 4.78 is 6.50. The third kappa shape index (κ3) is 4.44. The first-order chi connectivity index (χ1) is 9.22. The van der Waals surface area contributed by atoms with Crippen molar-refractivity contribution < 1.29 is 9.53 Å². The number of hydrogen-bond acceptors (Lipinski definition) is 5. The Morgan fingerprint density at radius 2 is 2.16 bits per heavy atom. The van der Waals surface area contributed by atoms with Gasteiger partial charge in [-0.05, 0) is 19.8 Å². The average Bonchev–Trinajstić information content (AvgIpc) is 2.80. The molecule has 0 saturated heterocycles. The molecule has 0 bridgehead atoms. The monoisotopic (exact) mass is 260 g/mol. The number of imidazole rings is 1. The molecule has 0 saturated carbocycles. The van der Waals surface area contributed by atoms with E-state index in [0.717, 1.165) is 19.3 Å². The van der Waals surface area contributed by atoms with Gasteiger partial charge in [0, 0.05) is 13.0 Å². The van der Waals surface area contributed by atoms with Crippen molar-refractivity contribution in [2.24, 2.45) is 0 Å². The number of unbranched alkanes of at least 4 members (excludes halogenated alkanes) is 2. The smallest absolute Gasteiger partial charge is 0.305 e. The molecule has 0 aromatic carbocycles. The van der Waals surface area contributed by atoms with E-state index in [1.807, 2.05) is 12.1 Å². The van der Waals surface area contributed by atoms with Crippen LogP contribution < -0.4 is 0 Å². The molecule has 6 nitrogen and oxygen atoms in total. The van der Waals surface area contributed by atoms with Crippen LogP contribution in [-0.2, 0) is 16.1 Å². The molecule has 19 heavy (non-hydrogen) atoms. The molecule has 0 aliphatic rings. The summed E-state index contributed by atoms with van der Waals surface area (Å²) in [5, 5.41) is 17.7. The van der Waals surface area contributed by atoms with Crippen molar-refractivity contribution in [2.45, 2.75) is 39.2 Å². The lowest BCUT2D eigenvalue weighted by Gasteiger charge is -2.04. The van der Waals surface area contributed by atoms with E-state index in [9.17, 15) is 4.79 Å². The van der Waals surface area contributed by atoms with Crippen molar-refractivity contribution in [1.29, 1.82) is 10.5 Å². The van der Waals surface area contributed by atoms with Gasteiger partial charge < -0.3 is 9.30 Å².